The highest BCUT2D eigenvalue weighted by Gasteiger charge is 2.37. The van der Waals surface area contributed by atoms with E-state index in [0.29, 0.717) is 29.4 Å². The highest BCUT2D eigenvalue weighted by Crippen LogP contribution is 2.40. The van der Waals surface area contributed by atoms with Gasteiger partial charge in [-0.3, -0.25) is 4.31 Å². The van der Waals surface area contributed by atoms with Crippen LogP contribution in [0.15, 0.2) is 65.6 Å². The van der Waals surface area contributed by atoms with Gasteiger partial charge in [0, 0.05) is 12.1 Å². The van der Waals surface area contributed by atoms with Crippen LogP contribution in [-0.4, -0.2) is 45.6 Å². The molecule has 0 radical (unpaired) electrons. The van der Waals surface area contributed by atoms with Gasteiger partial charge in [0.25, 0.3) is 10.0 Å². The fraction of sp³-hybridized carbons (Fsp3) is 0.333. The first kappa shape index (κ1) is 29.4. The summed E-state index contributed by atoms with van der Waals surface area (Å²) in [5, 5.41) is 0.231. The van der Waals surface area contributed by atoms with Crippen LogP contribution in [0.2, 0.25) is 5.02 Å². The average Bonchev–Trinajstić information content (AvgIpc) is 3.45. The van der Waals surface area contributed by atoms with Crippen molar-refractivity contribution in [3.63, 3.8) is 0 Å². The van der Waals surface area contributed by atoms with Gasteiger partial charge in [-0.1, -0.05) is 35.9 Å². The van der Waals surface area contributed by atoms with E-state index >= 15 is 0 Å². The molecule has 0 aromatic heterocycles. The molecule has 5 nitrogen and oxygen atoms in total. The Morgan fingerprint density at radius 1 is 1.07 bits per heavy atom. The predicted molar refractivity (Wildman–Crippen MR) is 152 cm³/mol. The van der Waals surface area contributed by atoms with E-state index in [1.54, 1.807) is 37.3 Å². The zero-order valence-corrected chi connectivity index (χ0v) is 23.9. The molecule has 0 amide bonds. The Morgan fingerprint density at radius 3 is 2.51 bits per heavy atom. The molecule has 0 aliphatic carbocycles. The van der Waals surface area contributed by atoms with Crippen LogP contribution in [0.3, 0.4) is 0 Å². The summed E-state index contributed by atoms with van der Waals surface area (Å²) in [6.07, 6.45) is -0.754. The van der Waals surface area contributed by atoms with E-state index in [-0.39, 0.29) is 22.8 Å². The van der Waals surface area contributed by atoms with Crippen molar-refractivity contribution in [2.24, 2.45) is 0 Å². The van der Waals surface area contributed by atoms with Gasteiger partial charge in [0.15, 0.2) is 0 Å². The van der Waals surface area contributed by atoms with E-state index in [9.17, 15) is 26.0 Å². The van der Waals surface area contributed by atoms with Gasteiger partial charge in [-0.2, -0.15) is 13.2 Å². The summed E-state index contributed by atoms with van der Waals surface area (Å²) in [7, 11) is -4.40. The Morgan fingerprint density at radius 2 is 1.80 bits per heavy atom. The van der Waals surface area contributed by atoms with E-state index in [2.05, 4.69) is 4.90 Å². The fourth-order valence-electron chi connectivity index (χ4n) is 5.29. The lowest BCUT2D eigenvalue weighted by atomic mass is 10.0. The van der Waals surface area contributed by atoms with Crippen LogP contribution in [0.25, 0.3) is 11.6 Å². The van der Waals surface area contributed by atoms with E-state index in [1.807, 2.05) is 0 Å². The Balaban J connectivity index is 1.54. The van der Waals surface area contributed by atoms with Gasteiger partial charge in [-0.25, -0.2) is 12.8 Å². The molecule has 3 aromatic carbocycles. The first-order valence-electron chi connectivity index (χ1n) is 13.3. The van der Waals surface area contributed by atoms with Gasteiger partial charge in [0.1, 0.15) is 17.7 Å². The zero-order valence-electron chi connectivity index (χ0n) is 22.3. The van der Waals surface area contributed by atoms with Gasteiger partial charge in [0.2, 0.25) is 0 Å². The van der Waals surface area contributed by atoms with Crippen LogP contribution in [0.5, 0.6) is 5.75 Å². The third kappa shape index (κ3) is 6.39. The lowest BCUT2D eigenvalue weighted by Gasteiger charge is -2.36. The smallest absolute Gasteiger partial charge is 0.416 e. The number of sulfonamides is 1. The number of allylic oxidation sites excluding steroid dienone is 1. The standard InChI is InChI=1S/C30H29ClF4N2O3S/c1-20(29-25(31)8-5-9-26(29)32)16-21-10-11-28-27(17-21)37(19-23(40-28)12-15-36-13-2-3-14-36)41(38,39)24-7-4-6-22(18-24)30(33,34)35/h4-11,16-18,23H,2-3,12-15,19H2,1H3. The topological polar surface area (TPSA) is 49.9 Å². The second-order valence-corrected chi connectivity index (χ2v) is 12.6. The summed E-state index contributed by atoms with van der Waals surface area (Å²) < 4.78 is 89.9. The highest BCUT2D eigenvalue weighted by molar-refractivity contribution is 7.92. The minimum absolute atomic E-state index is 0.0648. The molecule has 1 saturated heterocycles. The van der Waals surface area contributed by atoms with Crippen molar-refractivity contribution in [1.29, 1.82) is 0 Å². The van der Waals surface area contributed by atoms with E-state index in [4.69, 9.17) is 16.3 Å². The Labute approximate surface area is 242 Å². The minimum Gasteiger partial charge on any atom is -0.486 e. The first-order valence-corrected chi connectivity index (χ1v) is 15.1. The van der Waals surface area contributed by atoms with Crippen LogP contribution in [0.4, 0.5) is 23.2 Å². The number of rotatable bonds is 7. The number of nitrogens with zero attached hydrogens (tertiary/aromatic N) is 2. The molecular weight excluding hydrogens is 580 g/mol. The van der Waals surface area contributed by atoms with E-state index in [1.165, 1.54) is 12.1 Å². The van der Waals surface area contributed by atoms with Crippen LogP contribution in [0.1, 0.15) is 42.9 Å². The maximum absolute atomic E-state index is 14.5. The van der Waals surface area contributed by atoms with Crippen molar-refractivity contribution in [3.05, 3.63) is 88.2 Å². The molecule has 2 heterocycles. The molecule has 41 heavy (non-hydrogen) atoms. The molecule has 1 fully saturated rings. The summed E-state index contributed by atoms with van der Waals surface area (Å²) >= 11 is 6.22. The summed E-state index contributed by atoms with van der Waals surface area (Å²) in [5.74, 6) is -0.195. The quantitative estimate of drug-likeness (QED) is 0.206. The Hall–Kier alpha value is -3.08. The molecule has 218 valence electrons. The molecule has 1 unspecified atom stereocenters. The first-order chi connectivity index (χ1) is 19.4. The third-order valence-corrected chi connectivity index (χ3v) is 9.46. The van der Waals surface area contributed by atoms with Gasteiger partial charge in [0.05, 0.1) is 27.7 Å². The number of halogens is 5. The van der Waals surface area contributed by atoms with Crippen LogP contribution >= 0.6 is 11.6 Å². The third-order valence-electron chi connectivity index (χ3n) is 7.37. The Bertz CT molecular complexity index is 1550. The number of likely N-dealkylation sites (tertiary alicyclic amines) is 1. The molecule has 0 saturated carbocycles. The molecule has 2 aliphatic heterocycles. The monoisotopic (exact) mass is 608 g/mol. The highest BCUT2D eigenvalue weighted by atomic mass is 35.5. The lowest BCUT2D eigenvalue weighted by Crippen LogP contribution is -2.44. The number of hydrogen-bond donors (Lipinski definition) is 0. The van der Waals surface area contributed by atoms with Crippen molar-refractivity contribution in [2.45, 2.75) is 43.4 Å². The zero-order chi connectivity index (χ0) is 29.4. The van der Waals surface area contributed by atoms with E-state index in [0.717, 1.165) is 55.0 Å². The van der Waals surface area contributed by atoms with Gasteiger partial charge < -0.3 is 9.64 Å². The number of anilines is 1. The summed E-state index contributed by atoms with van der Waals surface area (Å²) in [6.45, 7) is 4.28. The molecule has 11 heteroatoms. The number of ether oxygens (including phenoxy) is 1. The number of fused-ring (bicyclic) bond motifs is 1. The van der Waals surface area contributed by atoms with Gasteiger partial charge in [-0.05, 0) is 92.9 Å². The molecule has 3 aromatic rings. The van der Waals surface area contributed by atoms with Gasteiger partial charge >= 0.3 is 6.18 Å². The van der Waals surface area contributed by atoms with Crippen LogP contribution < -0.4 is 9.04 Å². The summed E-state index contributed by atoms with van der Waals surface area (Å²) in [5.41, 5.74) is 0.427. The van der Waals surface area contributed by atoms with Crippen molar-refractivity contribution in [1.82, 2.24) is 4.90 Å². The molecule has 1 atom stereocenters. The van der Waals surface area contributed by atoms with Crippen molar-refractivity contribution >= 4 is 39.0 Å². The maximum Gasteiger partial charge on any atom is 0.416 e. The molecule has 5 rings (SSSR count). The summed E-state index contributed by atoms with van der Waals surface area (Å²) in [6, 6.07) is 13.0. The molecule has 0 spiro atoms. The van der Waals surface area contributed by atoms with Crippen molar-refractivity contribution in [3.8, 4) is 5.75 Å². The molecule has 0 N–H and O–H groups in total. The van der Waals surface area contributed by atoms with Gasteiger partial charge in [-0.15, -0.1) is 0 Å². The second kappa shape index (κ2) is 11.7. The fourth-order valence-corrected chi connectivity index (χ4v) is 7.14. The number of alkyl halides is 3. The SMILES string of the molecule is CC(=Cc1ccc2c(c1)N(S(=O)(=O)c1cccc(C(F)(F)F)c1)CC(CCN1CCCC1)O2)c1c(F)cccc1Cl. The average molecular weight is 609 g/mol. The number of benzene rings is 3. The molecular formula is C30H29ClF4N2O3S. The van der Waals surface area contributed by atoms with E-state index < -0.39 is 38.6 Å². The lowest BCUT2D eigenvalue weighted by molar-refractivity contribution is -0.137. The molecule has 2 aliphatic rings. The largest absolute Gasteiger partial charge is 0.486 e. The number of hydrogen-bond acceptors (Lipinski definition) is 4. The Kier molecular flexibility index (Phi) is 8.36. The maximum atomic E-state index is 14.5. The second-order valence-electron chi connectivity index (χ2n) is 10.3. The minimum atomic E-state index is -4.70. The van der Waals surface area contributed by atoms with Crippen LogP contribution in [-0.2, 0) is 16.2 Å². The summed E-state index contributed by atoms with van der Waals surface area (Å²) in [4.78, 5) is 1.82. The normalized spacial score (nSPS) is 18.3. The van der Waals surface area contributed by atoms with Crippen molar-refractivity contribution < 1.29 is 30.7 Å². The molecule has 0 bridgehead atoms. The van der Waals surface area contributed by atoms with Crippen molar-refractivity contribution in [2.75, 3.05) is 30.5 Å². The predicted octanol–water partition coefficient (Wildman–Crippen LogP) is 7.50. The van der Waals surface area contributed by atoms with Crippen LogP contribution in [0, 0.1) is 5.82 Å².